The summed E-state index contributed by atoms with van der Waals surface area (Å²) in [7, 11) is 0. The molecule has 1 aliphatic carbocycles. The van der Waals surface area contributed by atoms with Gasteiger partial charge in [-0.05, 0) is 31.6 Å². The number of fused-ring (bicyclic) bond motifs is 1. The Balaban J connectivity index is 1.81. The van der Waals surface area contributed by atoms with Crippen LogP contribution in [0.2, 0.25) is 0 Å². The van der Waals surface area contributed by atoms with Crippen molar-refractivity contribution in [3.05, 3.63) is 10.6 Å². The van der Waals surface area contributed by atoms with Crippen LogP contribution in [0.1, 0.15) is 43.2 Å². The third-order valence-electron chi connectivity index (χ3n) is 3.66. The highest BCUT2D eigenvalue weighted by atomic mass is 32.1. The summed E-state index contributed by atoms with van der Waals surface area (Å²) in [6.07, 6.45) is 5.18. The number of anilines is 1. The maximum Gasteiger partial charge on any atom is 0.321 e. The molecule has 0 saturated carbocycles. The molecule has 0 bridgehead atoms. The Kier molecular flexibility index (Phi) is 5.55. The van der Waals surface area contributed by atoms with Gasteiger partial charge >= 0.3 is 12.0 Å². The number of carboxylic acid groups (broad SMARTS) is 1. The molecule has 1 aliphatic rings. The van der Waals surface area contributed by atoms with E-state index in [-0.39, 0.29) is 18.4 Å². The predicted octanol–water partition coefficient (Wildman–Crippen LogP) is 2.64. The molecule has 2 rings (SSSR count). The fourth-order valence-electron chi connectivity index (χ4n) is 2.39. The van der Waals surface area contributed by atoms with Gasteiger partial charge in [0.05, 0.1) is 5.69 Å². The van der Waals surface area contributed by atoms with Crippen molar-refractivity contribution in [1.29, 1.82) is 0 Å². The third-order valence-corrected chi connectivity index (χ3v) is 4.73. The summed E-state index contributed by atoms with van der Waals surface area (Å²) in [6.45, 7) is 2.28. The zero-order valence-corrected chi connectivity index (χ0v) is 13.0. The van der Waals surface area contributed by atoms with Crippen LogP contribution >= 0.6 is 11.3 Å². The Morgan fingerprint density at radius 1 is 1.38 bits per heavy atom. The van der Waals surface area contributed by atoms with Gasteiger partial charge in [-0.1, -0.05) is 13.3 Å². The van der Waals surface area contributed by atoms with Crippen LogP contribution in [0.4, 0.5) is 9.93 Å². The SMILES string of the molecule is CCC(CNC(=O)Nc1nc2c(s1)CCCC2)CC(=O)O. The number of aromatic nitrogens is 1. The van der Waals surface area contributed by atoms with Crippen molar-refractivity contribution in [1.82, 2.24) is 10.3 Å². The minimum Gasteiger partial charge on any atom is -0.481 e. The van der Waals surface area contributed by atoms with Crippen LogP contribution in [0.3, 0.4) is 0 Å². The molecule has 0 radical (unpaired) electrons. The molecule has 1 heterocycles. The van der Waals surface area contributed by atoms with Gasteiger partial charge in [0.1, 0.15) is 0 Å². The minimum atomic E-state index is -0.836. The molecule has 116 valence electrons. The standard InChI is InChI=1S/C14H21N3O3S/c1-2-9(7-12(18)19)8-15-13(20)17-14-16-10-5-3-4-6-11(10)21-14/h9H,2-8H2,1H3,(H,18,19)(H2,15,16,17,20). The molecular weight excluding hydrogens is 290 g/mol. The second-order valence-corrected chi connectivity index (χ2v) is 6.39. The molecule has 6 nitrogen and oxygen atoms in total. The lowest BCUT2D eigenvalue weighted by molar-refractivity contribution is -0.138. The molecular formula is C14H21N3O3S. The van der Waals surface area contributed by atoms with E-state index >= 15 is 0 Å². The molecule has 1 unspecified atom stereocenters. The van der Waals surface area contributed by atoms with Crippen LogP contribution in [0.25, 0.3) is 0 Å². The van der Waals surface area contributed by atoms with E-state index in [4.69, 9.17) is 5.11 Å². The number of aryl methyl sites for hydroxylation is 2. The van der Waals surface area contributed by atoms with Crippen LogP contribution < -0.4 is 10.6 Å². The van der Waals surface area contributed by atoms with Gasteiger partial charge in [0.2, 0.25) is 0 Å². The number of rotatable bonds is 6. The number of hydrogen-bond acceptors (Lipinski definition) is 4. The van der Waals surface area contributed by atoms with Crippen molar-refractivity contribution in [3.63, 3.8) is 0 Å². The molecule has 21 heavy (non-hydrogen) atoms. The summed E-state index contributed by atoms with van der Waals surface area (Å²) in [5.74, 6) is -0.880. The summed E-state index contributed by atoms with van der Waals surface area (Å²) in [5.41, 5.74) is 1.11. The number of hydrogen-bond donors (Lipinski definition) is 3. The van der Waals surface area contributed by atoms with E-state index in [0.29, 0.717) is 11.7 Å². The lowest BCUT2D eigenvalue weighted by atomic mass is 10.0. The Morgan fingerprint density at radius 2 is 2.14 bits per heavy atom. The van der Waals surface area contributed by atoms with Crippen LogP contribution in [0.5, 0.6) is 0 Å². The summed E-state index contributed by atoms with van der Waals surface area (Å²) in [4.78, 5) is 28.2. The van der Waals surface area contributed by atoms with Crippen molar-refractivity contribution in [2.24, 2.45) is 5.92 Å². The average Bonchev–Trinajstić information content (AvgIpc) is 2.85. The average molecular weight is 311 g/mol. The summed E-state index contributed by atoms with van der Waals surface area (Å²) >= 11 is 1.54. The normalized spacial score (nSPS) is 15.1. The number of carbonyl (C=O) groups is 2. The van der Waals surface area contributed by atoms with E-state index in [0.717, 1.165) is 31.4 Å². The Labute approximate surface area is 128 Å². The van der Waals surface area contributed by atoms with Gasteiger partial charge in [-0.3, -0.25) is 10.1 Å². The summed E-state index contributed by atoms with van der Waals surface area (Å²) in [6, 6.07) is -0.315. The lowest BCUT2D eigenvalue weighted by Gasteiger charge is -2.13. The molecule has 1 aromatic heterocycles. The van der Waals surface area contributed by atoms with Gasteiger partial charge in [0.25, 0.3) is 0 Å². The van der Waals surface area contributed by atoms with Crippen LogP contribution in [0, 0.1) is 5.92 Å². The predicted molar refractivity (Wildman–Crippen MR) is 81.8 cm³/mol. The minimum absolute atomic E-state index is 0.0437. The number of thiazole rings is 1. The zero-order chi connectivity index (χ0) is 15.2. The number of aliphatic carboxylic acids is 1. The van der Waals surface area contributed by atoms with E-state index in [1.165, 1.54) is 22.6 Å². The highest BCUT2D eigenvalue weighted by Crippen LogP contribution is 2.29. The third kappa shape index (κ3) is 4.70. The van der Waals surface area contributed by atoms with Gasteiger partial charge in [-0.15, -0.1) is 11.3 Å². The number of amides is 2. The van der Waals surface area contributed by atoms with Crippen LogP contribution in [0.15, 0.2) is 0 Å². The fourth-order valence-corrected chi connectivity index (χ4v) is 3.44. The topological polar surface area (TPSA) is 91.3 Å². The second-order valence-electron chi connectivity index (χ2n) is 5.30. The van der Waals surface area contributed by atoms with E-state index in [1.807, 2.05) is 6.92 Å². The molecule has 0 saturated heterocycles. The molecule has 3 N–H and O–H groups in total. The maximum atomic E-state index is 11.8. The van der Waals surface area contributed by atoms with Crippen molar-refractivity contribution < 1.29 is 14.7 Å². The maximum absolute atomic E-state index is 11.8. The highest BCUT2D eigenvalue weighted by Gasteiger charge is 2.17. The van der Waals surface area contributed by atoms with Gasteiger partial charge in [0, 0.05) is 17.8 Å². The molecule has 0 aliphatic heterocycles. The van der Waals surface area contributed by atoms with Crippen LogP contribution in [-0.2, 0) is 17.6 Å². The molecule has 0 fully saturated rings. The molecule has 2 amide bonds. The first kappa shape index (κ1) is 15.8. The Bertz CT molecular complexity index is 492. The fraction of sp³-hybridized carbons (Fsp3) is 0.643. The first-order valence-electron chi connectivity index (χ1n) is 7.33. The largest absolute Gasteiger partial charge is 0.481 e. The van der Waals surface area contributed by atoms with E-state index in [1.54, 1.807) is 0 Å². The molecule has 1 atom stereocenters. The second kappa shape index (κ2) is 7.40. The monoisotopic (exact) mass is 311 g/mol. The van der Waals surface area contributed by atoms with E-state index < -0.39 is 5.97 Å². The molecule has 1 aromatic rings. The Hall–Kier alpha value is -1.63. The smallest absolute Gasteiger partial charge is 0.321 e. The number of urea groups is 1. The number of carbonyl (C=O) groups excluding carboxylic acids is 1. The number of carboxylic acids is 1. The summed E-state index contributed by atoms with van der Waals surface area (Å²) in [5, 5.41) is 14.9. The van der Waals surface area contributed by atoms with Gasteiger partial charge in [0.15, 0.2) is 5.13 Å². The highest BCUT2D eigenvalue weighted by molar-refractivity contribution is 7.15. The first-order valence-corrected chi connectivity index (χ1v) is 8.15. The van der Waals surface area contributed by atoms with Crippen molar-refractivity contribution in [2.75, 3.05) is 11.9 Å². The number of nitrogens with zero attached hydrogens (tertiary/aromatic N) is 1. The van der Waals surface area contributed by atoms with E-state index in [2.05, 4.69) is 15.6 Å². The molecule has 0 spiro atoms. The van der Waals surface area contributed by atoms with Crippen LogP contribution in [-0.4, -0.2) is 28.6 Å². The Morgan fingerprint density at radius 3 is 2.81 bits per heavy atom. The molecule has 7 heteroatoms. The number of nitrogens with one attached hydrogen (secondary N) is 2. The zero-order valence-electron chi connectivity index (χ0n) is 12.1. The summed E-state index contributed by atoms with van der Waals surface area (Å²) < 4.78 is 0. The van der Waals surface area contributed by atoms with Gasteiger partial charge < -0.3 is 10.4 Å². The van der Waals surface area contributed by atoms with Crippen molar-refractivity contribution in [3.8, 4) is 0 Å². The van der Waals surface area contributed by atoms with Gasteiger partial charge in [-0.25, -0.2) is 9.78 Å². The lowest BCUT2D eigenvalue weighted by Crippen LogP contribution is -2.33. The quantitative estimate of drug-likeness (QED) is 0.753. The van der Waals surface area contributed by atoms with Crippen molar-refractivity contribution in [2.45, 2.75) is 45.4 Å². The van der Waals surface area contributed by atoms with Gasteiger partial charge in [-0.2, -0.15) is 0 Å². The molecule has 0 aromatic carbocycles. The van der Waals surface area contributed by atoms with E-state index in [9.17, 15) is 9.59 Å². The first-order chi connectivity index (χ1) is 10.1. The van der Waals surface area contributed by atoms with Crippen molar-refractivity contribution >= 4 is 28.5 Å².